The molecule has 0 aromatic heterocycles. The van der Waals surface area contributed by atoms with Crippen molar-refractivity contribution in [3.05, 3.63) is 29.8 Å². The molecule has 1 aromatic carbocycles. The van der Waals surface area contributed by atoms with Gasteiger partial charge in [-0.15, -0.1) is 0 Å². The van der Waals surface area contributed by atoms with Crippen LogP contribution in [0.4, 0.5) is 0 Å². The van der Waals surface area contributed by atoms with Gasteiger partial charge in [0, 0.05) is 0 Å². The fourth-order valence-corrected chi connectivity index (χ4v) is 3.21. The molecule has 0 bridgehead atoms. The summed E-state index contributed by atoms with van der Waals surface area (Å²) >= 11 is 0. The van der Waals surface area contributed by atoms with Crippen molar-refractivity contribution in [3.63, 3.8) is 0 Å². The van der Waals surface area contributed by atoms with E-state index in [1.165, 1.54) is 63.6 Å². The Bertz CT molecular complexity index is 379. The first kappa shape index (κ1) is 16.4. The van der Waals surface area contributed by atoms with E-state index in [0.717, 1.165) is 17.6 Å². The Morgan fingerprint density at radius 3 is 2.43 bits per heavy atom. The molecule has 1 aliphatic rings. The van der Waals surface area contributed by atoms with E-state index in [1.807, 2.05) is 0 Å². The van der Waals surface area contributed by atoms with E-state index in [9.17, 15) is 0 Å². The van der Waals surface area contributed by atoms with Gasteiger partial charge in [-0.2, -0.15) is 0 Å². The number of unbranched alkanes of at least 4 members (excludes halogenated alkanes) is 1. The molecule has 1 N–H and O–H groups in total. The fourth-order valence-electron chi connectivity index (χ4n) is 3.21. The van der Waals surface area contributed by atoms with Gasteiger partial charge in [0.25, 0.3) is 0 Å². The molecule has 0 heterocycles. The average molecular weight is 289 g/mol. The first-order valence-electron chi connectivity index (χ1n) is 8.61. The zero-order valence-electron chi connectivity index (χ0n) is 13.7. The predicted molar refractivity (Wildman–Crippen MR) is 89.9 cm³/mol. The minimum absolute atomic E-state index is 0.933. The summed E-state index contributed by atoms with van der Waals surface area (Å²) in [6.45, 7) is 4.79. The number of nitrogens with one attached hydrogen (secondary N) is 1. The van der Waals surface area contributed by atoms with Crippen molar-refractivity contribution >= 4 is 0 Å². The normalized spacial score (nSPS) is 22.2. The second-order valence-corrected chi connectivity index (χ2v) is 6.64. The molecule has 1 fully saturated rings. The highest BCUT2D eigenvalue weighted by Gasteiger charge is 2.17. The first-order chi connectivity index (χ1) is 10.3. The summed E-state index contributed by atoms with van der Waals surface area (Å²) in [4.78, 5) is 0. The summed E-state index contributed by atoms with van der Waals surface area (Å²) in [6.07, 6.45) is 9.44. The maximum atomic E-state index is 5.18. The van der Waals surface area contributed by atoms with Gasteiger partial charge in [-0.05, 0) is 74.7 Å². The quantitative estimate of drug-likeness (QED) is 0.715. The van der Waals surface area contributed by atoms with Crippen LogP contribution in [0.2, 0.25) is 0 Å². The Balaban J connectivity index is 1.49. The van der Waals surface area contributed by atoms with E-state index in [2.05, 4.69) is 36.5 Å². The van der Waals surface area contributed by atoms with Crippen LogP contribution in [0, 0.1) is 11.8 Å². The second-order valence-electron chi connectivity index (χ2n) is 6.64. The minimum atomic E-state index is 0.933. The number of aryl methyl sites for hydroxylation is 1. The zero-order chi connectivity index (χ0) is 14.9. The third kappa shape index (κ3) is 6.09. The number of benzene rings is 1. The van der Waals surface area contributed by atoms with Crippen LogP contribution in [-0.2, 0) is 6.42 Å². The maximum Gasteiger partial charge on any atom is 0.118 e. The lowest BCUT2D eigenvalue weighted by molar-refractivity contribution is 0.281. The van der Waals surface area contributed by atoms with Gasteiger partial charge in [0.15, 0.2) is 0 Å². The van der Waals surface area contributed by atoms with Crippen LogP contribution in [-0.4, -0.2) is 20.2 Å². The molecule has 0 radical (unpaired) electrons. The van der Waals surface area contributed by atoms with Gasteiger partial charge in [0.1, 0.15) is 5.75 Å². The summed E-state index contributed by atoms with van der Waals surface area (Å²) in [5.74, 6) is 2.84. The van der Waals surface area contributed by atoms with Gasteiger partial charge in [0.05, 0.1) is 7.11 Å². The summed E-state index contributed by atoms with van der Waals surface area (Å²) in [5, 5.41) is 3.65. The van der Waals surface area contributed by atoms with Crippen LogP contribution >= 0.6 is 0 Å². The van der Waals surface area contributed by atoms with E-state index >= 15 is 0 Å². The molecule has 118 valence electrons. The van der Waals surface area contributed by atoms with Crippen molar-refractivity contribution in [2.24, 2.45) is 11.8 Å². The number of ether oxygens (including phenoxy) is 1. The van der Waals surface area contributed by atoms with Crippen LogP contribution in [0.1, 0.15) is 51.0 Å². The number of methoxy groups -OCH3 is 1. The van der Waals surface area contributed by atoms with Gasteiger partial charge in [0.2, 0.25) is 0 Å². The molecule has 1 aliphatic carbocycles. The molecule has 0 saturated heterocycles. The second kappa shape index (κ2) is 9.09. The van der Waals surface area contributed by atoms with Crippen molar-refractivity contribution in [2.75, 3.05) is 20.2 Å². The van der Waals surface area contributed by atoms with Gasteiger partial charge in [-0.3, -0.25) is 0 Å². The summed E-state index contributed by atoms with van der Waals surface area (Å²) in [7, 11) is 1.72. The highest BCUT2D eigenvalue weighted by molar-refractivity contribution is 5.27. The highest BCUT2D eigenvalue weighted by Crippen LogP contribution is 2.27. The van der Waals surface area contributed by atoms with Crippen LogP contribution in [0.3, 0.4) is 0 Å². The van der Waals surface area contributed by atoms with Crippen LogP contribution in [0.25, 0.3) is 0 Å². The minimum Gasteiger partial charge on any atom is -0.497 e. The van der Waals surface area contributed by atoms with Crippen LogP contribution in [0.15, 0.2) is 24.3 Å². The van der Waals surface area contributed by atoms with Gasteiger partial charge < -0.3 is 10.1 Å². The van der Waals surface area contributed by atoms with Crippen molar-refractivity contribution in [2.45, 2.75) is 51.9 Å². The lowest BCUT2D eigenvalue weighted by Crippen LogP contribution is -2.26. The maximum absolute atomic E-state index is 5.18. The Hall–Kier alpha value is -1.02. The fraction of sp³-hybridized carbons (Fsp3) is 0.684. The van der Waals surface area contributed by atoms with Crippen molar-refractivity contribution in [1.82, 2.24) is 5.32 Å². The average Bonchev–Trinajstić information content (AvgIpc) is 2.53. The summed E-state index contributed by atoms with van der Waals surface area (Å²) < 4.78 is 5.18. The molecular weight excluding hydrogens is 258 g/mol. The van der Waals surface area contributed by atoms with Crippen molar-refractivity contribution in [3.8, 4) is 5.75 Å². The van der Waals surface area contributed by atoms with Gasteiger partial charge in [-0.1, -0.05) is 31.9 Å². The van der Waals surface area contributed by atoms with Crippen molar-refractivity contribution in [1.29, 1.82) is 0 Å². The lowest BCUT2D eigenvalue weighted by Gasteiger charge is -2.26. The standard InChI is InChI=1S/C19H31NO/c1-16-6-8-18(9-7-16)15-20-14-4-3-5-17-10-12-19(21-2)13-11-17/h10-13,16,18,20H,3-9,14-15H2,1-2H3. The molecule has 0 spiro atoms. The smallest absolute Gasteiger partial charge is 0.118 e. The number of hydrogen-bond donors (Lipinski definition) is 1. The number of hydrogen-bond acceptors (Lipinski definition) is 2. The first-order valence-corrected chi connectivity index (χ1v) is 8.61. The molecule has 0 aliphatic heterocycles. The van der Waals surface area contributed by atoms with Crippen LogP contribution in [0.5, 0.6) is 5.75 Å². The monoisotopic (exact) mass is 289 g/mol. The molecule has 2 heteroatoms. The van der Waals surface area contributed by atoms with E-state index in [4.69, 9.17) is 4.74 Å². The molecule has 2 nitrogen and oxygen atoms in total. The molecule has 0 unspecified atom stereocenters. The number of rotatable bonds is 8. The third-order valence-electron chi connectivity index (χ3n) is 4.80. The Kier molecular flexibility index (Phi) is 7.08. The molecule has 1 saturated carbocycles. The summed E-state index contributed by atoms with van der Waals surface area (Å²) in [6, 6.07) is 8.46. The molecular formula is C19H31NO. The Morgan fingerprint density at radius 1 is 1.05 bits per heavy atom. The Morgan fingerprint density at radius 2 is 1.76 bits per heavy atom. The lowest BCUT2D eigenvalue weighted by atomic mass is 9.83. The van der Waals surface area contributed by atoms with Crippen LogP contribution < -0.4 is 10.1 Å². The molecule has 0 atom stereocenters. The molecule has 2 rings (SSSR count). The van der Waals surface area contributed by atoms with E-state index < -0.39 is 0 Å². The van der Waals surface area contributed by atoms with Crippen molar-refractivity contribution < 1.29 is 4.74 Å². The zero-order valence-corrected chi connectivity index (χ0v) is 13.7. The molecule has 0 amide bonds. The van der Waals surface area contributed by atoms with E-state index in [-0.39, 0.29) is 0 Å². The van der Waals surface area contributed by atoms with Gasteiger partial charge >= 0.3 is 0 Å². The molecule has 1 aromatic rings. The Labute approximate surface area is 130 Å². The topological polar surface area (TPSA) is 21.3 Å². The highest BCUT2D eigenvalue weighted by atomic mass is 16.5. The predicted octanol–water partition coefficient (Wildman–Crippen LogP) is 4.43. The third-order valence-corrected chi connectivity index (χ3v) is 4.80. The molecule has 21 heavy (non-hydrogen) atoms. The largest absolute Gasteiger partial charge is 0.497 e. The van der Waals surface area contributed by atoms with E-state index in [0.29, 0.717) is 0 Å². The van der Waals surface area contributed by atoms with Gasteiger partial charge in [-0.25, -0.2) is 0 Å². The van der Waals surface area contributed by atoms with E-state index in [1.54, 1.807) is 7.11 Å². The SMILES string of the molecule is COc1ccc(CCCCNCC2CCC(C)CC2)cc1. The summed E-state index contributed by atoms with van der Waals surface area (Å²) in [5.41, 5.74) is 1.41.